The molecule has 2 rings (SSSR count). The maximum Gasteiger partial charge on any atom is 0.222 e. The quantitative estimate of drug-likeness (QED) is 0.824. The van der Waals surface area contributed by atoms with E-state index in [4.69, 9.17) is 10.2 Å². The van der Waals surface area contributed by atoms with Crippen molar-refractivity contribution in [3.63, 3.8) is 0 Å². The van der Waals surface area contributed by atoms with E-state index in [1.54, 1.807) is 0 Å². The summed E-state index contributed by atoms with van der Waals surface area (Å²) in [5, 5.41) is 2.79. The Hall–Kier alpha value is -1.36. The zero-order valence-corrected chi connectivity index (χ0v) is 10.4. The van der Waals surface area contributed by atoms with Crippen LogP contribution in [0.5, 0.6) is 0 Å². The molecule has 0 radical (unpaired) electrons. The zero-order chi connectivity index (χ0) is 12.5. The van der Waals surface area contributed by atoms with Crippen molar-refractivity contribution in [1.82, 2.24) is 10.3 Å². The van der Waals surface area contributed by atoms with Crippen molar-refractivity contribution in [3.05, 3.63) is 17.3 Å². The molecule has 1 aliphatic carbocycles. The summed E-state index contributed by atoms with van der Waals surface area (Å²) in [5.74, 6) is 1.32. The number of oxazole rings is 1. The van der Waals surface area contributed by atoms with Crippen LogP contribution in [0, 0.1) is 13.8 Å². The van der Waals surface area contributed by atoms with Crippen LogP contribution in [-0.4, -0.2) is 16.4 Å². The van der Waals surface area contributed by atoms with Gasteiger partial charge in [-0.1, -0.05) is 0 Å². The van der Waals surface area contributed by atoms with Gasteiger partial charge in [-0.05, 0) is 33.1 Å². The highest BCUT2D eigenvalue weighted by Gasteiger charge is 2.34. The topological polar surface area (TPSA) is 81.2 Å². The summed E-state index contributed by atoms with van der Waals surface area (Å²) in [7, 11) is 0. The third-order valence-electron chi connectivity index (χ3n) is 3.37. The predicted molar refractivity (Wildman–Crippen MR) is 63.2 cm³/mol. The minimum absolute atomic E-state index is 0.0271. The number of nitrogens with two attached hydrogens (primary N) is 1. The first-order chi connectivity index (χ1) is 7.98. The number of nitrogens with zero attached hydrogens (tertiary/aromatic N) is 1. The molecule has 5 nitrogen and oxygen atoms in total. The van der Waals surface area contributed by atoms with Gasteiger partial charge in [0.25, 0.3) is 0 Å². The van der Waals surface area contributed by atoms with Gasteiger partial charge in [-0.3, -0.25) is 4.79 Å². The highest BCUT2D eigenvalue weighted by atomic mass is 16.4. The molecule has 0 aliphatic heterocycles. The molecule has 1 aromatic rings. The van der Waals surface area contributed by atoms with Crippen molar-refractivity contribution in [2.45, 2.75) is 51.6 Å². The second-order valence-corrected chi connectivity index (χ2v) is 4.92. The first kappa shape index (κ1) is 12.1. The zero-order valence-electron chi connectivity index (χ0n) is 10.4. The van der Waals surface area contributed by atoms with Crippen LogP contribution in [0.1, 0.15) is 43.0 Å². The fourth-order valence-electron chi connectivity index (χ4n) is 1.98. The Labute approximate surface area is 101 Å². The van der Waals surface area contributed by atoms with E-state index in [0.29, 0.717) is 18.9 Å². The standard InChI is InChI=1S/C12H19N3O2/c1-8-9(2)17-11(15-8)7-14-10(16)6-12(13)4-3-5-12/h3-7,13H2,1-2H3,(H,14,16). The van der Waals surface area contributed by atoms with Crippen LogP contribution in [-0.2, 0) is 11.3 Å². The Morgan fingerprint density at radius 2 is 2.24 bits per heavy atom. The van der Waals surface area contributed by atoms with E-state index in [-0.39, 0.29) is 11.4 Å². The molecule has 1 heterocycles. The normalized spacial score (nSPS) is 17.6. The molecule has 0 bridgehead atoms. The highest BCUT2D eigenvalue weighted by Crippen LogP contribution is 2.31. The Morgan fingerprint density at radius 3 is 2.71 bits per heavy atom. The molecule has 1 saturated carbocycles. The van der Waals surface area contributed by atoms with Crippen molar-refractivity contribution >= 4 is 5.91 Å². The van der Waals surface area contributed by atoms with Crippen molar-refractivity contribution < 1.29 is 9.21 Å². The summed E-state index contributed by atoms with van der Waals surface area (Å²) in [5.41, 5.74) is 6.59. The molecule has 94 valence electrons. The van der Waals surface area contributed by atoms with Crippen LogP contribution in [0.25, 0.3) is 0 Å². The lowest BCUT2D eigenvalue weighted by Crippen LogP contribution is -2.49. The van der Waals surface area contributed by atoms with Crippen molar-refractivity contribution in [2.24, 2.45) is 5.73 Å². The largest absolute Gasteiger partial charge is 0.444 e. The molecule has 5 heteroatoms. The van der Waals surface area contributed by atoms with E-state index in [9.17, 15) is 4.79 Å². The number of amides is 1. The molecule has 17 heavy (non-hydrogen) atoms. The van der Waals surface area contributed by atoms with Crippen molar-refractivity contribution in [3.8, 4) is 0 Å². The molecule has 1 aliphatic rings. The minimum atomic E-state index is -0.271. The van der Waals surface area contributed by atoms with Gasteiger partial charge in [-0.15, -0.1) is 0 Å². The molecular weight excluding hydrogens is 218 g/mol. The number of hydrogen-bond acceptors (Lipinski definition) is 4. The van der Waals surface area contributed by atoms with Crippen LogP contribution in [0.4, 0.5) is 0 Å². The van der Waals surface area contributed by atoms with Crippen molar-refractivity contribution in [2.75, 3.05) is 0 Å². The molecule has 1 fully saturated rings. The Bertz CT molecular complexity index is 402. The van der Waals surface area contributed by atoms with E-state index in [0.717, 1.165) is 30.7 Å². The number of aryl methyl sites for hydroxylation is 2. The van der Waals surface area contributed by atoms with Crippen LogP contribution in [0.15, 0.2) is 4.42 Å². The maximum absolute atomic E-state index is 11.7. The van der Waals surface area contributed by atoms with E-state index in [1.807, 2.05) is 13.8 Å². The van der Waals surface area contributed by atoms with E-state index in [2.05, 4.69) is 10.3 Å². The number of rotatable bonds is 4. The maximum atomic E-state index is 11.7. The first-order valence-electron chi connectivity index (χ1n) is 5.97. The molecule has 1 amide bonds. The third kappa shape index (κ3) is 2.85. The number of carbonyl (C=O) groups is 1. The Kier molecular flexibility index (Phi) is 3.19. The van der Waals surface area contributed by atoms with Gasteiger partial charge in [0.15, 0.2) is 0 Å². The monoisotopic (exact) mass is 237 g/mol. The molecule has 0 spiro atoms. The van der Waals surface area contributed by atoms with Gasteiger partial charge in [0.1, 0.15) is 5.76 Å². The van der Waals surface area contributed by atoms with Crippen LogP contribution in [0.3, 0.4) is 0 Å². The lowest BCUT2D eigenvalue weighted by molar-refractivity contribution is -0.123. The van der Waals surface area contributed by atoms with Gasteiger partial charge in [-0.25, -0.2) is 4.98 Å². The van der Waals surface area contributed by atoms with Gasteiger partial charge >= 0.3 is 0 Å². The molecule has 0 unspecified atom stereocenters. The average Bonchev–Trinajstić information content (AvgIpc) is 2.53. The molecule has 3 N–H and O–H groups in total. The molecule has 0 aromatic carbocycles. The number of aromatic nitrogens is 1. The van der Waals surface area contributed by atoms with Crippen LogP contribution >= 0.6 is 0 Å². The molecular formula is C12H19N3O2. The second kappa shape index (κ2) is 4.49. The summed E-state index contributed by atoms with van der Waals surface area (Å²) in [4.78, 5) is 15.9. The highest BCUT2D eigenvalue weighted by molar-refractivity contribution is 5.77. The number of hydrogen-bond donors (Lipinski definition) is 2. The van der Waals surface area contributed by atoms with Crippen LogP contribution < -0.4 is 11.1 Å². The first-order valence-corrected chi connectivity index (χ1v) is 5.97. The minimum Gasteiger partial charge on any atom is -0.444 e. The fourth-order valence-corrected chi connectivity index (χ4v) is 1.98. The van der Waals surface area contributed by atoms with Gasteiger partial charge in [0.05, 0.1) is 12.2 Å². The summed E-state index contributed by atoms with van der Waals surface area (Å²) >= 11 is 0. The summed E-state index contributed by atoms with van der Waals surface area (Å²) in [6.07, 6.45) is 3.41. The number of nitrogens with one attached hydrogen (secondary N) is 1. The number of carbonyl (C=O) groups excluding carboxylic acids is 1. The average molecular weight is 237 g/mol. The van der Waals surface area contributed by atoms with Gasteiger partial charge in [0.2, 0.25) is 11.8 Å². The van der Waals surface area contributed by atoms with Crippen LogP contribution in [0.2, 0.25) is 0 Å². The Morgan fingerprint density at radius 1 is 1.53 bits per heavy atom. The Balaban J connectivity index is 1.79. The van der Waals surface area contributed by atoms with Gasteiger partial charge in [0, 0.05) is 12.0 Å². The van der Waals surface area contributed by atoms with Gasteiger partial charge in [-0.2, -0.15) is 0 Å². The smallest absolute Gasteiger partial charge is 0.222 e. The van der Waals surface area contributed by atoms with Gasteiger partial charge < -0.3 is 15.5 Å². The molecule has 0 saturated heterocycles. The lowest BCUT2D eigenvalue weighted by Gasteiger charge is -2.37. The third-order valence-corrected chi connectivity index (χ3v) is 3.37. The fraction of sp³-hybridized carbons (Fsp3) is 0.667. The molecule has 0 atom stereocenters. The SMILES string of the molecule is Cc1nc(CNC(=O)CC2(N)CCC2)oc1C. The lowest BCUT2D eigenvalue weighted by atomic mass is 9.75. The molecule has 1 aromatic heterocycles. The summed E-state index contributed by atoms with van der Waals surface area (Å²) in [6, 6.07) is 0. The summed E-state index contributed by atoms with van der Waals surface area (Å²) < 4.78 is 5.38. The predicted octanol–water partition coefficient (Wildman–Crippen LogP) is 1.18. The van der Waals surface area contributed by atoms with E-state index < -0.39 is 0 Å². The van der Waals surface area contributed by atoms with E-state index in [1.165, 1.54) is 0 Å². The summed E-state index contributed by atoms with van der Waals surface area (Å²) in [6.45, 7) is 4.08. The van der Waals surface area contributed by atoms with Crippen molar-refractivity contribution in [1.29, 1.82) is 0 Å². The van der Waals surface area contributed by atoms with E-state index >= 15 is 0 Å². The second-order valence-electron chi connectivity index (χ2n) is 4.92.